The normalized spacial score (nSPS) is 18.5. The first-order valence-corrected chi connectivity index (χ1v) is 13.1. The van der Waals surface area contributed by atoms with Crippen molar-refractivity contribution in [3.8, 4) is 11.3 Å². The van der Waals surface area contributed by atoms with Gasteiger partial charge in [-0.05, 0) is 43.9 Å². The van der Waals surface area contributed by atoms with Crippen molar-refractivity contribution in [2.75, 3.05) is 16.8 Å². The Morgan fingerprint density at radius 1 is 1.20 bits per heavy atom. The highest BCUT2D eigenvalue weighted by molar-refractivity contribution is 6.31. The van der Waals surface area contributed by atoms with E-state index < -0.39 is 34.3 Å². The van der Waals surface area contributed by atoms with Crippen LogP contribution in [0.1, 0.15) is 53.1 Å². The molecular formula is C27H22ClF3N8O2. The van der Waals surface area contributed by atoms with Crippen LogP contribution in [0.5, 0.6) is 0 Å². The third-order valence-corrected chi connectivity index (χ3v) is 7.64. The van der Waals surface area contributed by atoms with Crippen molar-refractivity contribution in [3.63, 3.8) is 0 Å². The van der Waals surface area contributed by atoms with Gasteiger partial charge in [-0.1, -0.05) is 17.7 Å². The van der Waals surface area contributed by atoms with E-state index in [1.165, 1.54) is 12.4 Å². The van der Waals surface area contributed by atoms with Crippen LogP contribution in [-0.2, 0) is 4.79 Å². The number of hydrogen-bond donors (Lipinski definition) is 1. The highest BCUT2D eigenvalue weighted by Gasteiger charge is 2.53. The van der Waals surface area contributed by atoms with Crippen LogP contribution >= 0.6 is 11.6 Å². The monoisotopic (exact) mass is 582 g/mol. The maximum atomic E-state index is 14.9. The number of aryl methyl sites for hydroxylation is 1. The van der Waals surface area contributed by atoms with Gasteiger partial charge >= 0.3 is 0 Å². The first kappa shape index (κ1) is 26.8. The van der Waals surface area contributed by atoms with Crippen LogP contribution in [0.2, 0.25) is 5.02 Å². The van der Waals surface area contributed by atoms with E-state index in [1.807, 2.05) is 19.9 Å². The van der Waals surface area contributed by atoms with Crippen molar-refractivity contribution in [2.24, 2.45) is 11.8 Å². The Bertz CT molecular complexity index is 1700. The van der Waals surface area contributed by atoms with Crippen molar-refractivity contribution in [1.82, 2.24) is 29.9 Å². The van der Waals surface area contributed by atoms with Gasteiger partial charge in [-0.15, -0.1) is 5.10 Å². The Morgan fingerprint density at radius 2 is 1.98 bits per heavy atom. The largest absolute Gasteiger partial charge is 0.318 e. The van der Waals surface area contributed by atoms with Gasteiger partial charge in [0.05, 0.1) is 28.6 Å². The summed E-state index contributed by atoms with van der Waals surface area (Å²) >= 11 is 5.84. The van der Waals surface area contributed by atoms with Gasteiger partial charge in [-0.25, -0.2) is 18.2 Å². The van der Waals surface area contributed by atoms with E-state index in [1.54, 1.807) is 15.8 Å². The molecule has 2 amide bonds. The number of hydrogen-bond acceptors (Lipinski definition) is 7. The Labute approximate surface area is 236 Å². The van der Waals surface area contributed by atoms with Crippen LogP contribution in [0.25, 0.3) is 11.3 Å². The molecule has 0 unspecified atom stereocenters. The van der Waals surface area contributed by atoms with Gasteiger partial charge in [0.25, 0.3) is 12.3 Å². The summed E-state index contributed by atoms with van der Waals surface area (Å²) in [5.41, 5.74) is -0.345. The van der Waals surface area contributed by atoms with E-state index in [-0.39, 0.29) is 34.9 Å². The van der Waals surface area contributed by atoms with Crippen molar-refractivity contribution < 1.29 is 22.8 Å². The molecule has 3 atom stereocenters. The summed E-state index contributed by atoms with van der Waals surface area (Å²) < 4.78 is 43.8. The van der Waals surface area contributed by atoms with Crippen molar-refractivity contribution in [1.29, 1.82) is 0 Å². The number of alkyl halides is 2. The summed E-state index contributed by atoms with van der Waals surface area (Å²) in [6.07, 6.45) is 3.19. The molecule has 0 radical (unpaired) electrons. The number of aromatic nitrogens is 6. The zero-order valence-corrected chi connectivity index (χ0v) is 22.5. The summed E-state index contributed by atoms with van der Waals surface area (Å²) in [4.78, 5) is 35.2. The average Bonchev–Trinajstić information content (AvgIpc) is 3.46. The van der Waals surface area contributed by atoms with Crippen LogP contribution in [0.4, 0.5) is 24.7 Å². The van der Waals surface area contributed by atoms with Crippen LogP contribution in [0.15, 0.2) is 43.0 Å². The van der Waals surface area contributed by atoms with E-state index in [0.29, 0.717) is 24.0 Å². The predicted octanol–water partition coefficient (Wildman–Crippen LogP) is 5.01. The summed E-state index contributed by atoms with van der Waals surface area (Å²) in [5, 5.41) is 15.1. The summed E-state index contributed by atoms with van der Waals surface area (Å²) in [6.45, 7) is 4.37. The molecule has 41 heavy (non-hydrogen) atoms. The molecule has 1 aliphatic heterocycles. The van der Waals surface area contributed by atoms with E-state index in [0.717, 1.165) is 30.3 Å². The fraction of sp³-hybridized carbons (Fsp3) is 0.296. The lowest BCUT2D eigenvalue weighted by atomic mass is 10.0. The molecule has 2 aliphatic rings. The van der Waals surface area contributed by atoms with Crippen LogP contribution in [0, 0.1) is 24.6 Å². The minimum Gasteiger partial charge on any atom is -0.318 e. The molecule has 1 N–H and O–H groups in total. The van der Waals surface area contributed by atoms with Crippen LogP contribution < -0.4 is 10.2 Å². The second kappa shape index (κ2) is 10.2. The Morgan fingerprint density at radius 3 is 2.68 bits per heavy atom. The molecule has 0 spiro atoms. The number of halogens is 4. The second-order valence-electron chi connectivity index (χ2n) is 10.0. The number of piperidine rings is 1. The average molecular weight is 583 g/mol. The topological polar surface area (TPSA) is 119 Å². The molecule has 4 aromatic rings. The number of carbonyl (C=O) groups excluding carboxylic acids is 2. The van der Waals surface area contributed by atoms with Crippen molar-refractivity contribution in [3.05, 3.63) is 76.3 Å². The van der Waals surface area contributed by atoms with Gasteiger partial charge in [0.15, 0.2) is 17.3 Å². The summed E-state index contributed by atoms with van der Waals surface area (Å²) in [6, 6.07) is 3.46. The lowest BCUT2D eigenvalue weighted by Gasteiger charge is -2.20. The number of fused-ring (bicyclic) bond motifs is 1. The molecule has 1 aromatic carbocycles. The zero-order chi connectivity index (χ0) is 29.0. The zero-order valence-electron chi connectivity index (χ0n) is 21.7. The number of benzene rings is 1. The smallest absolute Gasteiger partial charge is 0.276 e. The summed E-state index contributed by atoms with van der Waals surface area (Å²) in [5.74, 6) is -0.773. The highest BCUT2D eigenvalue weighted by Crippen LogP contribution is 2.47. The van der Waals surface area contributed by atoms with E-state index in [2.05, 4.69) is 30.6 Å². The van der Waals surface area contributed by atoms with Crippen molar-refractivity contribution in [2.45, 2.75) is 32.7 Å². The molecule has 1 saturated carbocycles. The molecule has 4 heterocycles. The lowest BCUT2D eigenvalue weighted by molar-refractivity contribution is -0.118. The Kier molecular flexibility index (Phi) is 6.68. The number of amides is 2. The first-order valence-electron chi connectivity index (χ1n) is 12.7. The molecule has 210 valence electrons. The first-order chi connectivity index (χ1) is 19.6. The lowest BCUT2D eigenvalue weighted by Crippen LogP contribution is -2.30. The molecule has 2 fully saturated rings. The molecule has 0 bridgehead atoms. The van der Waals surface area contributed by atoms with Gasteiger partial charge in [-0.3, -0.25) is 24.2 Å². The number of nitrogens with one attached hydrogen (secondary N) is 1. The third-order valence-electron chi connectivity index (χ3n) is 7.35. The highest BCUT2D eigenvalue weighted by atomic mass is 35.5. The maximum Gasteiger partial charge on any atom is 0.276 e. The second-order valence-corrected chi connectivity index (χ2v) is 10.5. The predicted molar refractivity (Wildman–Crippen MR) is 142 cm³/mol. The van der Waals surface area contributed by atoms with Gasteiger partial charge in [-0.2, -0.15) is 10.2 Å². The van der Waals surface area contributed by atoms with Gasteiger partial charge in [0, 0.05) is 42.2 Å². The Balaban J connectivity index is 1.22. The number of rotatable bonds is 7. The van der Waals surface area contributed by atoms with Gasteiger partial charge in [0.1, 0.15) is 5.69 Å². The van der Waals surface area contributed by atoms with E-state index >= 15 is 0 Å². The number of nitrogens with zero attached hydrogens (tertiary/aromatic N) is 7. The SMILES string of the molecule is Cc1cc([C@H](C)n2cc(NC(=O)c3nccnc3-c3c(C(F)F)ccc(Cl)c3F)cn2)nnc1N1C[C@H]2C[C@H]2C1=O. The molecule has 14 heteroatoms. The third kappa shape index (κ3) is 4.79. The van der Waals surface area contributed by atoms with Gasteiger partial charge in [0.2, 0.25) is 5.91 Å². The number of carbonyl (C=O) groups is 2. The minimum absolute atomic E-state index is 0.0930. The fourth-order valence-electron chi connectivity index (χ4n) is 5.05. The standard InChI is InChI=1S/C27H22ClF3N8O2/c1-12-7-19(36-37-25(12)38-10-14-8-17(14)27(38)41)13(2)39-11-15(9-34-39)35-26(40)23-22(32-5-6-33-23)20-16(24(30)31)3-4-18(28)21(20)29/h3-7,9,11,13-14,17,24H,8,10H2,1-2H3,(H,35,40)/t13-,14+,17+/m0/s1. The van der Waals surface area contributed by atoms with Gasteiger partial charge < -0.3 is 5.32 Å². The van der Waals surface area contributed by atoms with Crippen molar-refractivity contribution >= 4 is 34.9 Å². The molecule has 6 rings (SSSR count). The molecule has 10 nitrogen and oxygen atoms in total. The number of anilines is 2. The van der Waals surface area contributed by atoms with Crippen LogP contribution in [0.3, 0.4) is 0 Å². The molecule has 1 aliphatic carbocycles. The summed E-state index contributed by atoms with van der Waals surface area (Å²) in [7, 11) is 0. The minimum atomic E-state index is -3.04. The van der Waals surface area contributed by atoms with E-state index in [9.17, 15) is 22.8 Å². The molecule has 1 saturated heterocycles. The van der Waals surface area contributed by atoms with E-state index in [4.69, 9.17) is 11.6 Å². The fourth-order valence-corrected chi connectivity index (χ4v) is 5.21. The molecule has 3 aromatic heterocycles. The Hall–Kier alpha value is -4.39. The molecular weight excluding hydrogens is 561 g/mol. The van der Waals surface area contributed by atoms with Crippen LogP contribution in [-0.4, -0.2) is 48.3 Å². The maximum absolute atomic E-state index is 14.9. The quantitative estimate of drug-likeness (QED) is 0.325.